The SMILES string of the molecule is CC(C)COP(=O)(OCC(C)C)SC(F)(F)F. The van der Waals surface area contributed by atoms with Crippen molar-refractivity contribution in [3.8, 4) is 0 Å². The standard InChI is InChI=1S/C9H18F3O3PS/c1-7(2)5-14-16(13,15-6-8(3)4)17-9(10,11)12/h7-8H,5-6H2,1-4H3. The van der Waals surface area contributed by atoms with Gasteiger partial charge in [-0.05, 0) is 11.8 Å². The zero-order chi connectivity index (χ0) is 13.7. The maximum absolute atomic E-state index is 12.2. The Bertz CT molecular complexity index is 253. The average Bonchev–Trinajstić information content (AvgIpc) is 2.09. The summed E-state index contributed by atoms with van der Waals surface area (Å²) < 4.78 is 58.1. The van der Waals surface area contributed by atoms with E-state index >= 15 is 0 Å². The summed E-state index contributed by atoms with van der Waals surface area (Å²) in [6.45, 7) is 2.80. The summed E-state index contributed by atoms with van der Waals surface area (Å²) >= 11 is -0.701. The van der Waals surface area contributed by atoms with Crippen LogP contribution in [0, 0.1) is 11.8 Å². The molecule has 0 aromatic rings. The van der Waals surface area contributed by atoms with Crippen LogP contribution in [0.2, 0.25) is 0 Å². The van der Waals surface area contributed by atoms with Gasteiger partial charge in [-0.25, -0.2) is 4.57 Å². The van der Waals surface area contributed by atoms with Gasteiger partial charge in [-0.2, -0.15) is 13.2 Å². The van der Waals surface area contributed by atoms with Gasteiger partial charge in [0.15, 0.2) is 0 Å². The van der Waals surface area contributed by atoms with E-state index in [1.165, 1.54) is 0 Å². The maximum atomic E-state index is 12.2. The van der Waals surface area contributed by atoms with Crippen molar-refractivity contribution in [3.63, 3.8) is 0 Å². The third kappa shape index (κ3) is 9.94. The normalized spacial score (nSPS) is 13.7. The summed E-state index contributed by atoms with van der Waals surface area (Å²) in [7, 11) is 0. The first-order valence-corrected chi connectivity index (χ1v) is 8.17. The number of halogens is 3. The van der Waals surface area contributed by atoms with Gasteiger partial charge >= 0.3 is 12.3 Å². The van der Waals surface area contributed by atoms with Crippen LogP contribution in [-0.4, -0.2) is 18.7 Å². The van der Waals surface area contributed by atoms with Gasteiger partial charge in [0.1, 0.15) is 0 Å². The van der Waals surface area contributed by atoms with E-state index in [9.17, 15) is 17.7 Å². The van der Waals surface area contributed by atoms with E-state index in [-0.39, 0.29) is 25.0 Å². The van der Waals surface area contributed by atoms with Crippen LogP contribution in [0.5, 0.6) is 0 Å². The van der Waals surface area contributed by atoms with E-state index in [1.54, 1.807) is 27.7 Å². The summed E-state index contributed by atoms with van der Waals surface area (Å²) in [6.07, 6.45) is 0. The molecule has 3 nitrogen and oxygen atoms in total. The summed E-state index contributed by atoms with van der Waals surface area (Å²) in [5.41, 5.74) is -4.64. The van der Waals surface area contributed by atoms with Crippen molar-refractivity contribution >= 4 is 18.2 Å². The van der Waals surface area contributed by atoms with Crippen molar-refractivity contribution in [2.24, 2.45) is 11.8 Å². The smallest absolute Gasteiger partial charge is 0.300 e. The Morgan fingerprint density at radius 1 is 1.06 bits per heavy atom. The monoisotopic (exact) mass is 294 g/mol. The molecule has 0 unspecified atom stereocenters. The zero-order valence-electron chi connectivity index (χ0n) is 10.3. The molecule has 0 saturated heterocycles. The third-order valence-corrected chi connectivity index (χ3v) is 4.63. The fourth-order valence-electron chi connectivity index (χ4n) is 0.697. The minimum Gasteiger partial charge on any atom is -0.300 e. The predicted octanol–water partition coefficient (Wildman–Crippen LogP) is 4.69. The molecule has 0 N–H and O–H groups in total. The molecule has 0 spiro atoms. The van der Waals surface area contributed by atoms with Gasteiger partial charge in [0.2, 0.25) is 0 Å². The largest absolute Gasteiger partial charge is 0.452 e. The second-order valence-corrected chi connectivity index (χ2v) is 8.31. The van der Waals surface area contributed by atoms with Gasteiger partial charge in [0, 0.05) is 0 Å². The topological polar surface area (TPSA) is 35.5 Å². The minimum atomic E-state index is -4.64. The van der Waals surface area contributed by atoms with E-state index in [1.807, 2.05) is 0 Å². The van der Waals surface area contributed by atoms with Gasteiger partial charge in [-0.1, -0.05) is 27.7 Å². The number of hydrogen-bond donors (Lipinski definition) is 0. The van der Waals surface area contributed by atoms with Gasteiger partial charge < -0.3 is 9.05 Å². The lowest BCUT2D eigenvalue weighted by atomic mass is 10.2. The summed E-state index contributed by atoms with van der Waals surface area (Å²) in [5.74, 6) is -0.0281. The van der Waals surface area contributed by atoms with Crippen LogP contribution in [0.1, 0.15) is 27.7 Å². The lowest BCUT2D eigenvalue weighted by Crippen LogP contribution is -2.08. The van der Waals surface area contributed by atoms with Crippen LogP contribution in [0.15, 0.2) is 0 Å². The molecule has 0 heterocycles. The average molecular weight is 294 g/mol. The van der Waals surface area contributed by atoms with Crippen LogP contribution in [-0.2, 0) is 13.6 Å². The van der Waals surface area contributed by atoms with E-state index in [0.29, 0.717) is 0 Å². The maximum Gasteiger partial charge on any atom is 0.452 e. The highest BCUT2D eigenvalue weighted by Crippen LogP contribution is 2.66. The minimum absolute atomic E-state index is 0.0141. The summed E-state index contributed by atoms with van der Waals surface area (Å²) in [5, 5.41) is 0. The molecule has 0 fully saturated rings. The number of hydrogen-bond acceptors (Lipinski definition) is 4. The van der Waals surface area contributed by atoms with Crippen molar-refractivity contribution in [2.45, 2.75) is 33.2 Å². The lowest BCUT2D eigenvalue weighted by molar-refractivity contribution is -0.0319. The second-order valence-electron chi connectivity index (χ2n) is 4.36. The quantitative estimate of drug-likeness (QED) is 0.638. The molecule has 8 heteroatoms. The fourth-order valence-corrected chi connectivity index (χ4v) is 3.53. The second kappa shape index (κ2) is 7.02. The Labute approximate surface area is 104 Å². The summed E-state index contributed by atoms with van der Waals surface area (Å²) in [6, 6.07) is 0. The first kappa shape index (κ1) is 17.3. The van der Waals surface area contributed by atoms with Crippen molar-refractivity contribution in [1.82, 2.24) is 0 Å². The Morgan fingerprint density at radius 3 is 1.65 bits per heavy atom. The Balaban J connectivity index is 4.51. The van der Waals surface area contributed by atoms with Gasteiger partial charge in [0.25, 0.3) is 0 Å². The van der Waals surface area contributed by atoms with Gasteiger partial charge in [-0.3, -0.25) is 0 Å². The Kier molecular flexibility index (Phi) is 7.14. The van der Waals surface area contributed by atoms with Gasteiger partial charge in [-0.15, -0.1) is 0 Å². The molecule has 0 radical (unpaired) electrons. The van der Waals surface area contributed by atoms with Crippen LogP contribution in [0.25, 0.3) is 0 Å². The van der Waals surface area contributed by atoms with Crippen LogP contribution >= 0.6 is 18.2 Å². The van der Waals surface area contributed by atoms with E-state index in [2.05, 4.69) is 0 Å². The highest BCUT2D eigenvalue weighted by molar-refractivity contribution is 8.55. The fraction of sp³-hybridized carbons (Fsp3) is 1.00. The van der Waals surface area contributed by atoms with E-state index in [0.717, 1.165) is 0 Å². The number of alkyl halides is 3. The predicted molar refractivity (Wildman–Crippen MR) is 62.8 cm³/mol. The van der Waals surface area contributed by atoms with Crippen molar-refractivity contribution in [2.75, 3.05) is 13.2 Å². The van der Waals surface area contributed by atoms with Crippen LogP contribution in [0.3, 0.4) is 0 Å². The molecule has 17 heavy (non-hydrogen) atoms. The first-order valence-electron chi connectivity index (χ1n) is 5.20. The molecular weight excluding hydrogens is 276 g/mol. The highest BCUT2D eigenvalue weighted by atomic mass is 32.7. The molecule has 0 aliphatic rings. The first-order chi connectivity index (χ1) is 7.54. The molecule has 0 saturated carbocycles. The molecular formula is C9H18F3O3PS. The van der Waals surface area contributed by atoms with Crippen molar-refractivity contribution in [3.05, 3.63) is 0 Å². The highest BCUT2D eigenvalue weighted by Gasteiger charge is 2.43. The molecule has 0 aromatic carbocycles. The van der Waals surface area contributed by atoms with Crippen molar-refractivity contribution in [1.29, 1.82) is 0 Å². The molecule has 0 atom stereocenters. The zero-order valence-corrected chi connectivity index (χ0v) is 12.0. The van der Waals surface area contributed by atoms with E-state index < -0.39 is 23.7 Å². The molecule has 0 rings (SSSR count). The molecule has 104 valence electrons. The molecule has 0 bridgehead atoms. The number of rotatable bonds is 7. The van der Waals surface area contributed by atoms with Crippen molar-refractivity contribution < 1.29 is 26.8 Å². The molecule has 0 aliphatic carbocycles. The van der Waals surface area contributed by atoms with E-state index in [4.69, 9.17) is 9.05 Å². The third-order valence-electron chi connectivity index (χ3n) is 1.35. The Hall–Kier alpha value is 0.290. The van der Waals surface area contributed by atoms with Crippen LogP contribution < -0.4 is 0 Å². The lowest BCUT2D eigenvalue weighted by Gasteiger charge is -2.20. The van der Waals surface area contributed by atoms with Crippen LogP contribution in [0.4, 0.5) is 13.2 Å². The molecule has 0 amide bonds. The van der Waals surface area contributed by atoms with Gasteiger partial charge in [0.05, 0.1) is 24.6 Å². The molecule has 0 aliphatic heterocycles. The molecule has 0 aromatic heterocycles. The Morgan fingerprint density at radius 2 is 1.41 bits per heavy atom. The summed E-state index contributed by atoms with van der Waals surface area (Å²) in [4.78, 5) is 0.